The third-order valence-electron chi connectivity index (χ3n) is 4.22. The minimum absolute atomic E-state index is 0.136. The number of aromatic nitrogens is 1. The van der Waals surface area contributed by atoms with Crippen LogP contribution in [0.25, 0.3) is 0 Å². The maximum atomic E-state index is 12.3. The fourth-order valence-corrected chi connectivity index (χ4v) is 3.05. The zero-order valence-electron chi connectivity index (χ0n) is 12.4. The topological polar surface area (TPSA) is 57.7 Å². The molecule has 2 aliphatic heterocycles. The lowest BCUT2D eigenvalue weighted by atomic mass is 10.1. The lowest BCUT2D eigenvalue weighted by Gasteiger charge is -2.47. The number of hydrogen-bond acceptors (Lipinski definition) is 5. The van der Waals surface area contributed by atoms with Crippen molar-refractivity contribution in [2.45, 2.75) is 19.0 Å². The standard InChI is InChI=1S/C15H22N4O2/c1-12-10-21-11-14-9-18(5-6-19(12)14)15(20)8-17-13-3-2-4-16-7-13/h2-4,7,12,14,17H,5-6,8-11H2,1H3/t12-,14+/m0/s1. The van der Waals surface area contributed by atoms with Gasteiger partial charge in [0.2, 0.25) is 5.91 Å². The average molecular weight is 290 g/mol. The van der Waals surface area contributed by atoms with Crippen LogP contribution in [0.3, 0.4) is 0 Å². The Labute approximate surface area is 125 Å². The molecule has 0 aromatic carbocycles. The van der Waals surface area contributed by atoms with Crippen molar-refractivity contribution in [3.63, 3.8) is 0 Å². The van der Waals surface area contributed by atoms with Gasteiger partial charge in [-0.05, 0) is 19.1 Å². The molecule has 2 saturated heterocycles. The number of ether oxygens (including phenoxy) is 1. The molecule has 0 bridgehead atoms. The van der Waals surface area contributed by atoms with Crippen LogP contribution in [0.15, 0.2) is 24.5 Å². The summed E-state index contributed by atoms with van der Waals surface area (Å²) in [6.45, 7) is 6.53. The predicted molar refractivity (Wildman–Crippen MR) is 80.1 cm³/mol. The number of rotatable bonds is 3. The van der Waals surface area contributed by atoms with Gasteiger partial charge < -0.3 is 15.0 Å². The summed E-state index contributed by atoms with van der Waals surface area (Å²) < 4.78 is 5.61. The lowest BCUT2D eigenvalue weighted by molar-refractivity contribution is -0.137. The first-order chi connectivity index (χ1) is 10.2. The van der Waals surface area contributed by atoms with Gasteiger partial charge in [-0.3, -0.25) is 14.7 Å². The van der Waals surface area contributed by atoms with Gasteiger partial charge in [0, 0.05) is 38.1 Å². The second kappa shape index (κ2) is 6.41. The first kappa shape index (κ1) is 14.3. The third-order valence-corrected chi connectivity index (χ3v) is 4.22. The number of carbonyl (C=O) groups is 1. The minimum Gasteiger partial charge on any atom is -0.378 e. The van der Waals surface area contributed by atoms with Gasteiger partial charge >= 0.3 is 0 Å². The number of morpholine rings is 1. The molecule has 114 valence electrons. The number of anilines is 1. The molecule has 1 N–H and O–H groups in total. The predicted octanol–water partition coefficient (Wildman–Crippen LogP) is 0.425. The van der Waals surface area contributed by atoms with Crippen LogP contribution in [0.4, 0.5) is 5.69 Å². The molecular weight excluding hydrogens is 268 g/mol. The monoisotopic (exact) mass is 290 g/mol. The summed E-state index contributed by atoms with van der Waals surface area (Å²) in [7, 11) is 0. The van der Waals surface area contributed by atoms with Gasteiger partial charge in [0.05, 0.1) is 31.5 Å². The number of hydrogen-bond donors (Lipinski definition) is 1. The maximum Gasteiger partial charge on any atom is 0.241 e. The first-order valence-electron chi connectivity index (χ1n) is 7.49. The van der Waals surface area contributed by atoms with E-state index in [2.05, 4.69) is 22.1 Å². The van der Waals surface area contributed by atoms with Crippen molar-refractivity contribution in [3.05, 3.63) is 24.5 Å². The molecule has 0 saturated carbocycles. The molecule has 21 heavy (non-hydrogen) atoms. The van der Waals surface area contributed by atoms with Gasteiger partial charge in [-0.2, -0.15) is 0 Å². The molecule has 0 unspecified atom stereocenters. The van der Waals surface area contributed by atoms with Crippen LogP contribution in [0.1, 0.15) is 6.92 Å². The van der Waals surface area contributed by atoms with Gasteiger partial charge in [-0.25, -0.2) is 0 Å². The van der Waals surface area contributed by atoms with Crippen LogP contribution in [0.5, 0.6) is 0 Å². The fraction of sp³-hybridized carbons (Fsp3) is 0.600. The van der Waals surface area contributed by atoms with Crippen LogP contribution < -0.4 is 5.32 Å². The number of fused-ring (bicyclic) bond motifs is 1. The van der Waals surface area contributed by atoms with Crippen molar-refractivity contribution in [1.82, 2.24) is 14.8 Å². The van der Waals surface area contributed by atoms with Crippen molar-refractivity contribution in [3.8, 4) is 0 Å². The summed E-state index contributed by atoms with van der Waals surface area (Å²) in [6.07, 6.45) is 3.44. The molecule has 6 nitrogen and oxygen atoms in total. The molecule has 1 aromatic heterocycles. The van der Waals surface area contributed by atoms with Crippen LogP contribution in [0.2, 0.25) is 0 Å². The molecular formula is C15H22N4O2. The number of nitrogens with zero attached hydrogens (tertiary/aromatic N) is 3. The molecule has 2 atom stereocenters. The Hall–Kier alpha value is -1.66. The van der Waals surface area contributed by atoms with E-state index < -0.39 is 0 Å². The van der Waals surface area contributed by atoms with Crippen molar-refractivity contribution in [2.24, 2.45) is 0 Å². The van der Waals surface area contributed by atoms with Crippen LogP contribution >= 0.6 is 0 Å². The number of carbonyl (C=O) groups excluding carboxylic acids is 1. The molecule has 2 fully saturated rings. The van der Waals surface area contributed by atoms with Gasteiger partial charge in [0.25, 0.3) is 0 Å². The number of piperazine rings is 1. The molecule has 0 spiro atoms. The van der Waals surface area contributed by atoms with Crippen molar-refractivity contribution >= 4 is 11.6 Å². The molecule has 0 radical (unpaired) electrons. The lowest BCUT2D eigenvalue weighted by Crippen LogP contribution is -2.62. The van der Waals surface area contributed by atoms with Crippen molar-refractivity contribution in [1.29, 1.82) is 0 Å². The molecule has 3 heterocycles. The number of pyridine rings is 1. The zero-order chi connectivity index (χ0) is 14.7. The molecule has 2 aliphatic rings. The largest absolute Gasteiger partial charge is 0.378 e. The zero-order valence-corrected chi connectivity index (χ0v) is 12.4. The SMILES string of the molecule is C[C@H]1COC[C@H]2CN(C(=O)CNc3cccnc3)CCN21. The second-order valence-corrected chi connectivity index (χ2v) is 5.71. The summed E-state index contributed by atoms with van der Waals surface area (Å²) in [5.74, 6) is 0.136. The van der Waals surface area contributed by atoms with Crippen LogP contribution in [-0.2, 0) is 9.53 Å². The molecule has 0 aliphatic carbocycles. The summed E-state index contributed by atoms with van der Waals surface area (Å²) in [5, 5.41) is 3.12. The smallest absolute Gasteiger partial charge is 0.241 e. The van der Waals surface area contributed by atoms with Crippen LogP contribution in [0, 0.1) is 0 Å². The minimum atomic E-state index is 0.136. The van der Waals surface area contributed by atoms with Crippen LogP contribution in [-0.4, -0.2) is 72.2 Å². The third kappa shape index (κ3) is 3.33. The Morgan fingerprint density at radius 1 is 1.48 bits per heavy atom. The van der Waals surface area contributed by atoms with Gasteiger partial charge in [-0.1, -0.05) is 0 Å². The average Bonchev–Trinajstić information content (AvgIpc) is 2.53. The highest BCUT2D eigenvalue weighted by atomic mass is 16.5. The summed E-state index contributed by atoms with van der Waals surface area (Å²) in [5.41, 5.74) is 0.874. The van der Waals surface area contributed by atoms with E-state index in [0.717, 1.165) is 38.5 Å². The van der Waals surface area contributed by atoms with Gasteiger partial charge in [0.15, 0.2) is 0 Å². The van der Waals surface area contributed by atoms with E-state index in [-0.39, 0.29) is 5.91 Å². The van der Waals surface area contributed by atoms with E-state index in [1.165, 1.54) is 0 Å². The molecule has 1 amide bonds. The fourth-order valence-electron chi connectivity index (χ4n) is 3.05. The number of nitrogens with one attached hydrogen (secondary N) is 1. The van der Waals surface area contributed by atoms with Gasteiger partial charge in [0.1, 0.15) is 0 Å². The van der Waals surface area contributed by atoms with E-state index in [1.807, 2.05) is 17.0 Å². The van der Waals surface area contributed by atoms with Gasteiger partial charge in [-0.15, -0.1) is 0 Å². The Morgan fingerprint density at radius 2 is 2.38 bits per heavy atom. The Kier molecular flexibility index (Phi) is 4.36. The van der Waals surface area contributed by atoms with Crippen molar-refractivity contribution in [2.75, 3.05) is 44.7 Å². The van der Waals surface area contributed by atoms with E-state index >= 15 is 0 Å². The summed E-state index contributed by atoms with van der Waals surface area (Å²) in [4.78, 5) is 20.7. The molecule has 1 aromatic rings. The Balaban J connectivity index is 1.52. The summed E-state index contributed by atoms with van der Waals surface area (Å²) in [6, 6.07) is 4.56. The Morgan fingerprint density at radius 3 is 3.19 bits per heavy atom. The highest BCUT2D eigenvalue weighted by Gasteiger charge is 2.34. The van der Waals surface area contributed by atoms with E-state index in [4.69, 9.17) is 4.74 Å². The van der Waals surface area contributed by atoms with E-state index in [9.17, 15) is 4.79 Å². The van der Waals surface area contributed by atoms with E-state index in [0.29, 0.717) is 18.6 Å². The second-order valence-electron chi connectivity index (χ2n) is 5.71. The normalized spacial score (nSPS) is 26.2. The maximum absolute atomic E-state index is 12.3. The Bertz CT molecular complexity index is 482. The highest BCUT2D eigenvalue weighted by molar-refractivity contribution is 5.81. The van der Waals surface area contributed by atoms with E-state index in [1.54, 1.807) is 12.4 Å². The number of amides is 1. The first-order valence-corrected chi connectivity index (χ1v) is 7.49. The van der Waals surface area contributed by atoms with Crippen molar-refractivity contribution < 1.29 is 9.53 Å². The summed E-state index contributed by atoms with van der Waals surface area (Å²) >= 11 is 0. The highest BCUT2D eigenvalue weighted by Crippen LogP contribution is 2.18. The molecule has 3 rings (SSSR count). The quantitative estimate of drug-likeness (QED) is 0.874. The molecule has 6 heteroatoms.